The predicted octanol–water partition coefficient (Wildman–Crippen LogP) is 2.29. The molecule has 1 atom stereocenters. The average molecular weight is 376 g/mol. The van der Waals surface area contributed by atoms with Crippen molar-refractivity contribution in [1.82, 2.24) is 14.8 Å². The second-order valence-electron chi connectivity index (χ2n) is 6.97. The Morgan fingerprint density at radius 1 is 1.38 bits per heavy atom. The van der Waals surface area contributed by atoms with Crippen LogP contribution in [0.3, 0.4) is 0 Å². The van der Waals surface area contributed by atoms with Crippen molar-refractivity contribution in [2.45, 2.75) is 38.2 Å². The Balaban J connectivity index is 1.85. The highest BCUT2D eigenvalue weighted by molar-refractivity contribution is 7.99. The lowest BCUT2D eigenvalue weighted by Gasteiger charge is -2.38. The van der Waals surface area contributed by atoms with Crippen molar-refractivity contribution < 1.29 is 14.3 Å². The second kappa shape index (κ2) is 8.90. The van der Waals surface area contributed by atoms with E-state index in [-0.39, 0.29) is 18.2 Å². The summed E-state index contributed by atoms with van der Waals surface area (Å²) >= 11 is 1.47. The molecule has 1 aliphatic rings. The highest BCUT2D eigenvalue weighted by Gasteiger charge is 2.34. The van der Waals surface area contributed by atoms with Crippen molar-refractivity contribution in [3.63, 3.8) is 0 Å². The van der Waals surface area contributed by atoms with Crippen LogP contribution in [0, 0.1) is 11.3 Å². The molecule has 1 aromatic rings. The number of carbonyl (C=O) groups excluding carboxylic acids is 2. The van der Waals surface area contributed by atoms with E-state index in [1.807, 2.05) is 18.2 Å². The molecule has 140 valence electrons. The Labute approximate surface area is 158 Å². The number of ether oxygens (including phenoxy) is 1. The molecule has 0 radical (unpaired) electrons. The monoisotopic (exact) mass is 376 g/mol. The molecule has 1 saturated heterocycles. The number of nitrogens with zero attached hydrogens (tertiary/aromatic N) is 4. The Kier molecular flexibility index (Phi) is 6.86. The SMILES string of the molecule is CC(C)(C)OC(=O)N1CCN(C(=O)CSCc2ccccn2)[C@H](C#N)C1. The third kappa shape index (κ3) is 5.92. The van der Waals surface area contributed by atoms with Gasteiger partial charge in [0.15, 0.2) is 0 Å². The van der Waals surface area contributed by atoms with Gasteiger partial charge < -0.3 is 14.5 Å². The number of pyridine rings is 1. The molecule has 26 heavy (non-hydrogen) atoms. The fourth-order valence-corrected chi connectivity index (χ4v) is 3.32. The first-order valence-electron chi connectivity index (χ1n) is 8.45. The van der Waals surface area contributed by atoms with E-state index >= 15 is 0 Å². The molecule has 1 fully saturated rings. The summed E-state index contributed by atoms with van der Waals surface area (Å²) in [5.41, 5.74) is 0.325. The van der Waals surface area contributed by atoms with Gasteiger partial charge in [0.25, 0.3) is 0 Å². The zero-order chi connectivity index (χ0) is 19.2. The van der Waals surface area contributed by atoms with Crippen molar-refractivity contribution in [2.75, 3.05) is 25.4 Å². The van der Waals surface area contributed by atoms with Gasteiger partial charge in [-0.2, -0.15) is 5.26 Å². The van der Waals surface area contributed by atoms with Crippen LogP contribution in [0.4, 0.5) is 4.79 Å². The lowest BCUT2D eigenvalue weighted by atomic mass is 10.2. The van der Waals surface area contributed by atoms with Crippen LogP contribution in [0.2, 0.25) is 0 Å². The predicted molar refractivity (Wildman–Crippen MR) is 99.3 cm³/mol. The first kappa shape index (κ1) is 20.0. The van der Waals surface area contributed by atoms with Crippen molar-refractivity contribution in [3.05, 3.63) is 30.1 Å². The number of thioether (sulfide) groups is 1. The average Bonchev–Trinajstić information content (AvgIpc) is 2.60. The van der Waals surface area contributed by atoms with E-state index in [4.69, 9.17) is 4.74 Å². The van der Waals surface area contributed by atoms with Gasteiger partial charge in [-0.15, -0.1) is 11.8 Å². The van der Waals surface area contributed by atoms with Crippen molar-refractivity contribution in [2.24, 2.45) is 0 Å². The summed E-state index contributed by atoms with van der Waals surface area (Å²) in [7, 11) is 0. The van der Waals surface area contributed by atoms with Crippen molar-refractivity contribution in [1.29, 1.82) is 5.26 Å². The molecule has 8 heteroatoms. The Hall–Kier alpha value is -2.27. The third-order valence-corrected chi connectivity index (χ3v) is 4.65. The Morgan fingerprint density at radius 2 is 2.15 bits per heavy atom. The second-order valence-corrected chi connectivity index (χ2v) is 7.96. The summed E-state index contributed by atoms with van der Waals surface area (Å²) in [4.78, 5) is 31.9. The van der Waals surface area contributed by atoms with Gasteiger partial charge in [0, 0.05) is 25.0 Å². The quantitative estimate of drug-likeness (QED) is 0.801. The van der Waals surface area contributed by atoms with E-state index in [1.54, 1.807) is 31.9 Å². The fourth-order valence-electron chi connectivity index (χ4n) is 2.49. The summed E-state index contributed by atoms with van der Waals surface area (Å²) in [5, 5.41) is 9.41. The number of rotatable bonds is 4. The molecule has 0 aliphatic carbocycles. The molecule has 1 aliphatic heterocycles. The number of hydrogen-bond acceptors (Lipinski definition) is 6. The Morgan fingerprint density at radius 3 is 2.77 bits per heavy atom. The zero-order valence-electron chi connectivity index (χ0n) is 15.3. The topological polar surface area (TPSA) is 86.5 Å². The molecule has 0 unspecified atom stereocenters. The van der Waals surface area contributed by atoms with Gasteiger partial charge in [-0.25, -0.2) is 4.79 Å². The number of aromatic nitrogens is 1. The smallest absolute Gasteiger partial charge is 0.410 e. The van der Waals surface area contributed by atoms with E-state index in [9.17, 15) is 14.9 Å². The van der Waals surface area contributed by atoms with Crippen molar-refractivity contribution in [3.8, 4) is 6.07 Å². The molecule has 0 bridgehead atoms. The van der Waals surface area contributed by atoms with Gasteiger partial charge in [0.05, 0.1) is 24.1 Å². The largest absolute Gasteiger partial charge is 0.444 e. The van der Waals surface area contributed by atoms with E-state index in [2.05, 4.69) is 11.1 Å². The minimum Gasteiger partial charge on any atom is -0.444 e. The summed E-state index contributed by atoms with van der Waals surface area (Å²) < 4.78 is 5.34. The lowest BCUT2D eigenvalue weighted by molar-refractivity contribution is -0.131. The fraction of sp³-hybridized carbons (Fsp3) is 0.556. The minimum absolute atomic E-state index is 0.0960. The molecule has 1 aromatic heterocycles. The standard InChI is InChI=1S/C18H24N4O3S/c1-18(2,3)25-17(24)21-8-9-22(15(10-19)11-21)16(23)13-26-12-14-6-4-5-7-20-14/h4-7,15H,8-9,11-13H2,1-3H3/t15-/m1/s1. The van der Waals surface area contributed by atoms with Crippen LogP contribution in [0.15, 0.2) is 24.4 Å². The molecule has 0 spiro atoms. The maximum atomic E-state index is 12.5. The van der Waals surface area contributed by atoms with E-state index in [1.165, 1.54) is 16.7 Å². The van der Waals surface area contributed by atoms with Gasteiger partial charge in [-0.1, -0.05) is 6.07 Å². The molecule has 0 aromatic carbocycles. The van der Waals surface area contributed by atoms with Crippen LogP contribution < -0.4 is 0 Å². The number of nitriles is 1. The van der Waals surface area contributed by atoms with Crippen molar-refractivity contribution >= 4 is 23.8 Å². The summed E-state index contributed by atoms with van der Waals surface area (Å²) in [6.45, 7) is 6.26. The van der Waals surface area contributed by atoms with Gasteiger partial charge in [0.2, 0.25) is 5.91 Å². The Bertz CT molecular complexity index is 669. The molecule has 0 saturated carbocycles. The number of hydrogen-bond donors (Lipinski definition) is 0. The zero-order valence-corrected chi connectivity index (χ0v) is 16.2. The van der Waals surface area contributed by atoms with Gasteiger partial charge in [-0.3, -0.25) is 9.78 Å². The maximum Gasteiger partial charge on any atom is 0.410 e. The summed E-state index contributed by atoms with van der Waals surface area (Å²) in [6.07, 6.45) is 1.27. The van der Waals surface area contributed by atoms with E-state index < -0.39 is 17.7 Å². The molecule has 2 rings (SSSR count). The van der Waals surface area contributed by atoms with Crippen LogP contribution in [-0.2, 0) is 15.3 Å². The van der Waals surface area contributed by atoms with E-state index in [0.717, 1.165) is 5.69 Å². The molecular weight excluding hydrogens is 352 g/mol. The number of amides is 2. The van der Waals surface area contributed by atoms with Gasteiger partial charge in [0.1, 0.15) is 11.6 Å². The molecule has 7 nitrogen and oxygen atoms in total. The number of piperazine rings is 1. The first-order valence-corrected chi connectivity index (χ1v) is 9.60. The maximum absolute atomic E-state index is 12.5. The van der Waals surface area contributed by atoms with Crippen LogP contribution in [-0.4, -0.2) is 63.8 Å². The van der Waals surface area contributed by atoms with Crippen LogP contribution in [0.5, 0.6) is 0 Å². The highest BCUT2D eigenvalue weighted by Crippen LogP contribution is 2.17. The molecule has 0 N–H and O–H groups in total. The van der Waals surface area contributed by atoms with Gasteiger partial charge in [-0.05, 0) is 32.9 Å². The molecule has 2 amide bonds. The summed E-state index contributed by atoms with van der Waals surface area (Å²) in [5.74, 6) is 0.824. The molecule has 2 heterocycles. The van der Waals surface area contributed by atoms with Crippen LogP contribution in [0.25, 0.3) is 0 Å². The number of carbonyl (C=O) groups is 2. The third-order valence-electron chi connectivity index (χ3n) is 3.70. The van der Waals surface area contributed by atoms with Crippen LogP contribution >= 0.6 is 11.8 Å². The van der Waals surface area contributed by atoms with E-state index in [0.29, 0.717) is 18.8 Å². The first-order chi connectivity index (χ1) is 12.3. The molecular formula is C18H24N4O3S. The highest BCUT2D eigenvalue weighted by atomic mass is 32.2. The van der Waals surface area contributed by atoms with Crippen LogP contribution in [0.1, 0.15) is 26.5 Å². The minimum atomic E-state index is -0.654. The normalized spacial score (nSPS) is 17.5. The lowest BCUT2D eigenvalue weighted by Crippen LogP contribution is -2.57. The summed E-state index contributed by atoms with van der Waals surface area (Å²) in [6, 6.07) is 7.14. The van der Waals surface area contributed by atoms with Gasteiger partial charge >= 0.3 is 6.09 Å².